The minimum atomic E-state index is -4.63. The molecule has 4 aromatic heterocycles. The highest BCUT2D eigenvalue weighted by Gasteiger charge is 2.26. The molecule has 4 heterocycles. The van der Waals surface area contributed by atoms with Crippen LogP contribution in [0.4, 0.5) is 5.82 Å². The molecule has 0 fully saturated rings. The van der Waals surface area contributed by atoms with Gasteiger partial charge >= 0.3 is 10.1 Å². The van der Waals surface area contributed by atoms with E-state index in [-0.39, 0.29) is 22.7 Å². The molecule has 2 aromatic carbocycles. The van der Waals surface area contributed by atoms with Crippen LogP contribution in [-0.2, 0) is 16.7 Å². The Balaban J connectivity index is 0.000000382. The molecule has 0 amide bonds. The van der Waals surface area contributed by atoms with Gasteiger partial charge in [0.05, 0.1) is 17.6 Å². The van der Waals surface area contributed by atoms with Gasteiger partial charge in [-0.3, -0.25) is 14.3 Å². The van der Waals surface area contributed by atoms with Crippen molar-refractivity contribution in [3.63, 3.8) is 0 Å². The summed E-state index contributed by atoms with van der Waals surface area (Å²) in [4.78, 5) is 17.2. The van der Waals surface area contributed by atoms with Crippen molar-refractivity contribution in [2.24, 2.45) is 0 Å². The maximum atomic E-state index is 12.7. The number of para-hydroxylation sites is 1. The van der Waals surface area contributed by atoms with Gasteiger partial charge in [0.15, 0.2) is 5.82 Å². The van der Waals surface area contributed by atoms with Gasteiger partial charge in [-0.1, -0.05) is 47.1 Å². The van der Waals surface area contributed by atoms with Crippen LogP contribution in [0.15, 0.2) is 79.5 Å². The summed E-state index contributed by atoms with van der Waals surface area (Å²) in [6.45, 7) is 7.75. The summed E-state index contributed by atoms with van der Waals surface area (Å²) in [6.07, 6.45) is 0. The molecule has 6 rings (SSSR count). The lowest BCUT2D eigenvalue weighted by Crippen LogP contribution is -2.20. The molecule has 0 aliphatic carbocycles. The predicted octanol–water partition coefficient (Wildman–Crippen LogP) is 6.25. The number of benzene rings is 2. The topological polar surface area (TPSA) is 154 Å². The van der Waals surface area contributed by atoms with E-state index in [4.69, 9.17) is 26.3 Å². The van der Waals surface area contributed by atoms with Gasteiger partial charge in [0.1, 0.15) is 11.3 Å². The molecule has 42 heavy (non-hydrogen) atoms. The fraction of sp³-hybridized carbons (Fsp3) is 0.167. The number of aryl methyl sites for hydroxylation is 3. The third-order valence-electron chi connectivity index (χ3n) is 6.94. The summed E-state index contributed by atoms with van der Waals surface area (Å²) in [6, 6.07) is 17.0. The van der Waals surface area contributed by atoms with Crippen molar-refractivity contribution in [1.29, 1.82) is 0 Å². The molecule has 12 heteroatoms. The minimum Gasteiger partial charge on any atom is -0.442 e. The van der Waals surface area contributed by atoms with E-state index in [1.807, 2.05) is 33.8 Å². The number of hydrogen-bond acceptors (Lipinski definition) is 8. The van der Waals surface area contributed by atoms with Crippen LogP contribution >= 0.6 is 11.6 Å². The van der Waals surface area contributed by atoms with E-state index >= 15 is 0 Å². The lowest BCUT2D eigenvalue weighted by atomic mass is 10.0. The summed E-state index contributed by atoms with van der Waals surface area (Å²) in [5.41, 5.74) is 10.2. The van der Waals surface area contributed by atoms with Crippen molar-refractivity contribution >= 4 is 49.4 Å². The molecule has 0 aliphatic rings. The van der Waals surface area contributed by atoms with Crippen molar-refractivity contribution in [2.75, 3.05) is 5.73 Å². The quantitative estimate of drug-likeness (QED) is 0.222. The number of aromatic nitrogens is 3. The number of hydrogen-bond donors (Lipinski definition) is 2. The minimum absolute atomic E-state index is 0.160. The molecule has 0 saturated heterocycles. The Bertz CT molecular complexity index is 2130. The van der Waals surface area contributed by atoms with E-state index in [1.54, 1.807) is 53.1 Å². The van der Waals surface area contributed by atoms with Gasteiger partial charge in [-0.05, 0) is 57.5 Å². The van der Waals surface area contributed by atoms with Crippen LogP contribution in [0.5, 0.6) is 0 Å². The second-order valence-corrected chi connectivity index (χ2v) is 11.6. The number of rotatable bonds is 4. The van der Waals surface area contributed by atoms with Crippen molar-refractivity contribution < 1.29 is 21.9 Å². The van der Waals surface area contributed by atoms with E-state index in [1.165, 1.54) is 6.07 Å². The standard InChI is InChI=1S/C25H19ClN2O5S.C5H8N2O/c1-14-11-21-17(15(2)27-14)9-10-23(29)28(21)13-16-7-8-18(20(26)12-16)24-19-5-3-4-6-22(19)33-25(24)34(30,31)32;1-3-4(2)8-7-5(3)6/h3-12H,13H2,1-2H3,(H,30,31,32);1-2H3,(H2,6,7). The van der Waals surface area contributed by atoms with Crippen LogP contribution in [0.3, 0.4) is 0 Å². The van der Waals surface area contributed by atoms with E-state index < -0.39 is 15.2 Å². The molecule has 0 spiro atoms. The van der Waals surface area contributed by atoms with Crippen molar-refractivity contribution in [2.45, 2.75) is 39.3 Å². The predicted molar refractivity (Wildman–Crippen MR) is 161 cm³/mol. The van der Waals surface area contributed by atoms with Gasteiger partial charge in [-0.15, -0.1) is 0 Å². The first kappa shape index (κ1) is 29.1. The monoisotopic (exact) mass is 606 g/mol. The molecule has 0 saturated carbocycles. The van der Waals surface area contributed by atoms with Gasteiger partial charge in [-0.25, -0.2) is 0 Å². The maximum Gasteiger partial charge on any atom is 0.328 e. The van der Waals surface area contributed by atoms with Crippen LogP contribution in [0.25, 0.3) is 33.0 Å². The number of nitrogens with two attached hydrogens (primary N) is 1. The largest absolute Gasteiger partial charge is 0.442 e. The highest BCUT2D eigenvalue weighted by Crippen LogP contribution is 2.40. The Hall–Kier alpha value is -4.45. The molecule has 10 nitrogen and oxygen atoms in total. The average Bonchev–Trinajstić information content (AvgIpc) is 3.46. The molecule has 0 aliphatic heterocycles. The van der Waals surface area contributed by atoms with E-state index in [9.17, 15) is 17.8 Å². The summed E-state index contributed by atoms with van der Waals surface area (Å²) in [5.74, 6) is 1.28. The Morgan fingerprint density at radius 1 is 1.00 bits per heavy atom. The molecule has 0 unspecified atom stereocenters. The van der Waals surface area contributed by atoms with E-state index in [0.717, 1.165) is 39.2 Å². The van der Waals surface area contributed by atoms with E-state index in [2.05, 4.69) is 10.1 Å². The highest BCUT2D eigenvalue weighted by molar-refractivity contribution is 7.85. The first-order valence-electron chi connectivity index (χ1n) is 12.8. The molecule has 0 radical (unpaired) electrons. The van der Waals surface area contributed by atoms with Crippen molar-refractivity contribution in [3.05, 3.63) is 104 Å². The van der Waals surface area contributed by atoms with Crippen LogP contribution in [-0.4, -0.2) is 27.7 Å². The molecule has 0 bridgehead atoms. The molecular weight excluding hydrogens is 580 g/mol. The van der Waals surface area contributed by atoms with Crippen molar-refractivity contribution in [1.82, 2.24) is 14.7 Å². The SMILES string of the molecule is Cc1cc2c(ccc(=O)n2Cc2ccc(-c3c(S(=O)(=O)O)oc4ccccc34)c(Cl)c2)c(C)n1.Cc1onc(N)c1C. The Morgan fingerprint density at radius 3 is 2.36 bits per heavy atom. The van der Waals surface area contributed by atoms with Gasteiger partial charge < -0.3 is 19.2 Å². The van der Waals surface area contributed by atoms with E-state index in [0.29, 0.717) is 22.4 Å². The number of furan rings is 1. The molecule has 3 N–H and O–H groups in total. The van der Waals surface area contributed by atoms with Gasteiger partial charge in [-0.2, -0.15) is 8.42 Å². The van der Waals surface area contributed by atoms with Crippen LogP contribution in [0.2, 0.25) is 5.02 Å². The fourth-order valence-corrected chi connectivity index (χ4v) is 5.68. The molecule has 216 valence electrons. The number of nitrogen functional groups attached to an aromatic ring is 1. The Labute approximate surface area is 246 Å². The molecule has 0 atom stereocenters. The van der Waals surface area contributed by atoms with Gasteiger partial charge in [0.25, 0.3) is 10.7 Å². The number of pyridine rings is 2. The van der Waals surface area contributed by atoms with Crippen LogP contribution < -0.4 is 11.3 Å². The Morgan fingerprint density at radius 2 is 1.74 bits per heavy atom. The van der Waals surface area contributed by atoms with Gasteiger partial charge in [0.2, 0.25) is 0 Å². The molecule has 6 aromatic rings. The number of halogens is 1. The van der Waals surface area contributed by atoms with Crippen LogP contribution in [0, 0.1) is 27.7 Å². The van der Waals surface area contributed by atoms with Crippen LogP contribution in [0.1, 0.15) is 28.3 Å². The normalized spacial score (nSPS) is 11.6. The maximum absolute atomic E-state index is 12.7. The zero-order valence-electron chi connectivity index (χ0n) is 23.2. The lowest BCUT2D eigenvalue weighted by Gasteiger charge is -2.13. The summed E-state index contributed by atoms with van der Waals surface area (Å²) in [7, 11) is -4.63. The Kier molecular flexibility index (Phi) is 7.67. The van der Waals surface area contributed by atoms with Crippen molar-refractivity contribution in [3.8, 4) is 11.1 Å². The zero-order chi connectivity index (χ0) is 30.3. The summed E-state index contributed by atoms with van der Waals surface area (Å²) < 4.78 is 45.6. The number of nitrogens with zero attached hydrogens (tertiary/aromatic N) is 3. The number of anilines is 1. The fourth-order valence-electron chi connectivity index (χ4n) is 4.71. The summed E-state index contributed by atoms with van der Waals surface area (Å²) in [5, 5.41) is 4.61. The second kappa shape index (κ2) is 11.1. The first-order valence-corrected chi connectivity index (χ1v) is 14.6. The third kappa shape index (κ3) is 5.54. The van der Waals surface area contributed by atoms with Gasteiger partial charge in [0, 0.05) is 44.4 Å². The second-order valence-electron chi connectivity index (χ2n) is 9.84. The third-order valence-corrected chi connectivity index (χ3v) is 8.01. The summed E-state index contributed by atoms with van der Waals surface area (Å²) >= 11 is 6.60. The lowest BCUT2D eigenvalue weighted by molar-refractivity contribution is 0.399. The highest BCUT2D eigenvalue weighted by atomic mass is 35.5. The zero-order valence-corrected chi connectivity index (χ0v) is 24.7. The first-order chi connectivity index (χ1) is 19.8. The average molecular weight is 607 g/mol. The molecular formula is C30H27ClN4O6S. The number of fused-ring (bicyclic) bond motifs is 2. The smallest absolute Gasteiger partial charge is 0.328 e.